The molecule has 1 aliphatic heterocycles. The fraction of sp³-hybridized carbons (Fsp3) is 0.227. The van der Waals surface area contributed by atoms with Gasteiger partial charge in [0.05, 0.1) is 6.61 Å². The van der Waals surface area contributed by atoms with E-state index in [-0.39, 0.29) is 35.9 Å². The predicted molar refractivity (Wildman–Crippen MR) is 112 cm³/mol. The summed E-state index contributed by atoms with van der Waals surface area (Å²) in [4.78, 5) is 0. The van der Waals surface area contributed by atoms with E-state index in [2.05, 4.69) is 5.92 Å². The zero-order chi connectivity index (χ0) is 22.9. The van der Waals surface area contributed by atoms with E-state index >= 15 is 0 Å². The molecule has 9 heteroatoms. The third kappa shape index (κ3) is 5.86. The number of terminal acetylenes is 1. The highest BCUT2D eigenvalue weighted by molar-refractivity contribution is 7.48. The highest BCUT2D eigenvalue weighted by Crippen LogP contribution is 2.49. The number of hydrogen-bond donors (Lipinski definition) is 0. The molecule has 0 amide bonds. The monoisotopic (exact) mass is 435 g/mol. The van der Waals surface area contributed by atoms with Crippen molar-refractivity contribution in [3.63, 3.8) is 0 Å². The van der Waals surface area contributed by atoms with Crippen molar-refractivity contribution in [2.45, 2.75) is 20.0 Å². The first-order valence-corrected chi connectivity index (χ1v) is 10.5. The lowest BCUT2D eigenvalue weighted by Crippen LogP contribution is -2.03. The van der Waals surface area contributed by atoms with Crippen LogP contribution in [-0.2, 0) is 18.3 Å². The lowest BCUT2D eigenvalue weighted by atomic mass is 10.0. The van der Waals surface area contributed by atoms with Gasteiger partial charge in [0.1, 0.15) is 42.2 Å². The SMILES string of the molecule is C#CCOP(=O)(OCC)Oc1ccc(/C=C/C2=C(C#N)C(=C(C#N)C#N)OC2C)cc1. The van der Waals surface area contributed by atoms with Crippen LogP contribution in [0.4, 0.5) is 0 Å². The molecule has 0 bridgehead atoms. The Bertz CT molecular complexity index is 1120. The van der Waals surface area contributed by atoms with Gasteiger partial charge in [0.2, 0.25) is 0 Å². The molecule has 1 aromatic rings. The quantitative estimate of drug-likeness (QED) is 0.334. The molecule has 0 N–H and O–H groups in total. The van der Waals surface area contributed by atoms with E-state index in [0.29, 0.717) is 5.57 Å². The van der Waals surface area contributed by atoms with Crippen LogP contribution in [0.2, 0.25) is 0 Å². The normalized spacial score (nSPS) is 17.1. The highest BCUT2D eigenvalue weighted by atomic mass is 31.2. The molecule has 0 fully saturated rings. The second kappa shape index (κ2) is 10.8. The molecule has 0 saturated heterocycles. The molecule has 0 radical (unpaired) electrons. The minimum atomic E-state index is -3.83. The third-order valence-corrected chi connectivity index (χ3v) is 5.41. The molecule has 8 nitrogen and oxygen atoms in total. The summed E-state index contributed by atoms with van der Waals surface area (Å²) < 4.78 is 33.4. The van der Waals surface area contributed by atoms with Crippen LogP contribution in [0.25, 0.3) is 6.08 Å². The molecule has 31 heavy (non-hydrogen) atoms. The number of phosphoric acid groups is 1. The Hall–Kier alpha value is -3.78. The second-order valence-corrected chi connectivity index (χ2v) is 7.56. The van der Waals surface area contributed by atoms with Crippen molar-refractivity contribution in [3.8, 4) is 36.3 Å². The zero-order valence-electron chi connectivity index (χ0n) is 16.9. The van der Waals surface area contributed by atoms with Crippen molar-refractivity contribution < 1.29 is 22.9 Å². The number of rotatable bonds is 8. The van der Waals surface area contributed by atoms with Gasteiger partial charge in [-0.3, -0.25) is 9.05 Å². The minimum absolute atomic E-state index is 0.0120. The summed E-state index contributed by atoms with van der Waals surface area (Å²) in [6.07, 6.45) is 8.03. The lowest BCUT2D eigenvalue weighted by Gasteiger charge is -2.16. The molecular weight excluding hydrogens is 417 g/mol. The minimum Gasteiger partial charge on any atom is -0.482 e. The molecule has 2 unspecified atom stereocenters. The van der Waals surface area contributed by atoms with Gasteiger partial charge >= 0.3 is 7.82 Å². The third-order valence-electron chi connectivity index (χ3n) is 3.96. The average Bonchev–Trinajstić information content (AvgIpc) is 3.08. The van der Waals surface area contributed by atoms with Crippen molar-refractivity contribution in [3.05, 3.63) is 58.4 Å². The van der Waals surface area contributed by atoms with Crippen LogP contribution in [0.15, 0.2) is 52.8 Å². The number of hydrogen-bond acceptors (Lipinski definition) is 8. The summed E-state index contributed by atoms with van der Waals surface area (Å²) in [5, 5.41) is 27.6. The van der Waals surface area contributed by atoms with Crippen molar-refractivity contribution in [1.29, 1.82) is 15.8 Å². The fourth-order valence-corrected chi connectivity index (χ4v) is 3.71. The van der Waals surface area contributed by atoms with E-state index in [1.54, 1.807) is 62.4 Å². The van der Waals surface area contributed by atoms with Crippen molar-refractivity contribution in [1.82, 2.24) is 0 Å². The van der Waals surface area contributed by atoms with Crippen LogP contribution in [0.1, 0.15) is 19.4 Å². The number of ether oxygens (including phenoxy) is 1. The number of nitrogens with zero attached hydrogens (tertiary/aromatic N) is 3. The topological polar surface area (TPSA) is 125 Å². The molecule has 1 heterocycles. The van der Waals surface area contributed by atoms with Gasteiger partial charge in [-0.2, -0.15) is 15.8 Å². The van der Waals surface area contributed by atoms with Gasteiger partial charge in [0, 0.05) is 5.57 Å². The summed E-state index contributed by atoms with van der Waals surface area (Å²) >= 11 is 0. The first-order chi connectivity index (χ1) is 14.9. The number of nitriles is 3. The van der Waals surface area contributed by atoms with E-state index in [9.17, 15) is 9.83 Å². The van der Waals surface area contributed by atoms with Crippen molar-refractivity contribution in [2.24, 2.45) is 0 Å². The molecular formula is C22H18N3O5P. The largest absolute Gasteiger partial charge is 0.530 e. The number of benzene rings is 1. The van der Waals surface area contributed by atoms with Crippen molar-refractivity contribution in [2.75, 3.05) is 13.2 Å². The highest BCUT2D eigenvalue weighted by Gasteiger charge is 2.30. The molecule has 1 aliphatic rings. The summed E-state index contributed by atoms with van der Waals surface area (Å²) in [7, 11) is -3.83. The van der Waals surface area contributed by atoms with Gasteiger partial charge in [-0.05, 0) is 31.5 Å². The van der Waals surface area contributed by atoms with E-state index in [1.807, 2.05) is 6.07 Å². The smallest absolute Gasteiger partial charge is 0.482 e. The first kappa shape index (κ1) is 23.5. The van der Waals surface area contributed by atoms with E-state index in [1.165, 1.54) is 0 Å². The average molecular weight is 435 g/mol. The van der Waals surface area contributed by atoms with Crippen LogP contribution in [0.5, 0.6) is 5.75 Å². The summed E-state index contributed by atoms with van der Waals surface area (Å²) in [6, 6.07) is 12.0. The Morgan fingerprint density at radius 3 is 2.42 bits per heavy atom. The number of phosphoric ester groups is 1. The maximum Gasteiger partial charge on any atom is 0.530 e. The molecule has 0 aliphatic carbocycles. The summed E-state index contributed by atoms with van der Waals surface area (Å²) in [5.74, 6) is 2.46. The molecule has 0 aromatic heterocycles. The second-order valence-electron chi connectivity index (χ2n) is 5.97. The van der Waals surface area contributed by atoms with Crippen LogP contribution in [-0.4, -0.2) is 19.3 Å². The Labute approximate surface area is 180 Å². The maximum absolute atomic E-state index is 12.5. The van der Waals surface area contributed by atoms with E-state index in [0.717, 1.165) is 5.56 Å². The van der Waals surface area contributed by atoms with Gasteiger partial charge < -0.3 is 9.26 Å². The molecule has 156 valence electrons. The predicted octanol–water partition coefficient (Wildman–Crippen LogP) is 4.41. The van der Waals surface area contributed by atoms with Crippen LogP contribution in [0.3, 0.4) is 0 Å². The first-order valence-electron chi connectivity index (χ1n) is 9.07. The van der Waals surface area contributed by atoms with Gasteiger partial charge in [-0.1, -0.05) is 30.2 Å². The van der Waals surface area contributed by atoms with Gasteiger partial charge in [-0.25, -0.2) is 4.57 Å². The van der Waals surface area contributed by atoms with Crippen molar-refractivity contribution >= 4 is 13.9 Å². The van der Waals surface area contributed by atoms with Crippen LogP contribution >= 0.6 is 7.82 Å². The van der Waals surface area contributed by atoms with Crippen LogP contribution < -0.4 is 4.52 Å². The molecule has 2 atom stereocenters. The zero-order valence-corrected chi connectivity index (χ0v) is 17.8. The standard InChI is InChI=1S/C22H18N3O5P/c1-4-12-28-31(26,27-5-2)30-19-9-6-17(7-10-19)8-11-20-16(3)29-22(21(20)15-25)18(13-23)14-24/h1,6-11,16H,5,12H2,2-3H3/b11-8+. The lowest BCUT2D eigenvalue weighted by molar-refractivity contribution is 0.176. The Morgan fingerprint density at radius 1 is 1.19 bits per heavy atom. The van der Waals surface area contributed by atoms with Gasteiger partial charge in [-0.15, -0.1) is 6.42 Å². The Kier molecular flexibility index (Phi) is 8.22. The molecule has 0 spiro atoms. The van der Waals surface area contributed by atoms with Gasteiger partial charge in [0.25, 0.3) is 0 Å². The van der Waals surface area contributed by atoms with Crippen LogP contribution in [0, 0.1) is 46.3 Å². The summed E-state index contributed by atoms with van der Waals surface area (Å²) in [5.41, 5.74) is 1.19. The Morgan fingerprint density at radius 2 is 1.87 bits per heavy atom. The maximum atomic E-state index is 12.5. The van der Waals surface area contributed by atoms with Gasteiger partial charge in [0.15, 0.2) is 11.3 Å². The van der Waals surface area contributed by atoms with E-state index < -0.39 is 13.9 Å². The fourth-order valence-electron chi connectivity index (χ4n) is 2.60. The molecule has 2 rings (SSSR count). The van der Waals surface area contributed by atoms with E-state index in [4.69, 9.17) is 35.3 Å². The number of allylic oxidation sites excluding steroid dienone is 2. The molecule has 0 saturated carbocycles. The Balaban J connectivity index is 2.24. The summed E-state index contributed by atoms with van der Waals surface area (Å²) in [6.45, 7) is 3.27. The molecule has 1 aromatic carbocycles.